The zero-order valence-electron chi connectivity index (χ0n) is 12.3. The summed E-state index contributed by atoms with van der Waals surface area (Å²) >= 11 is 4.53. The number of amides is 1. The summed E-state index contributed by atoms with van der Waals surface area (Å²) < 4.78 is 14.6. The van der Waals surface area contributed by atoms with Crippen LogP contribution >= 0.6 is 27.3 Å². The Bertz CT molecular complexity index is 941. The molecule has 2 aromatic heterocycles. The second-order valence-electron chi connectivity index (χ2n) is 5.55. The lowest BCUT2D eigenvalue weighted by molar-refractivity contribution is -0.117. The van der Waals surface area contributed by atoms with Gasteiger partial charge in [0.25, 0.3) is 0 Å². The Morgan fingerprint density at radius 1 is 1.25 bits per heavy atom. The lowest BCUT2D eigenvalue weighted by Gasteiger charge is -2.06. The molecule has 8 heteroatoms. The van der Waals surface area contributed by atoms with Crippen molar-refractivity contribution in [1.82, 2.24) is 9.97 Å². The van der Waals surface area contributed by atoms with Gasteiger partial charge in [-0.2, -0.15) is 0 Å². The summed E-state index contributed by atoms with van der Waals surface area (Å²) in [5.41, 5.74) is 1.05. The fourth-order valence-electron chi connectivity index (χ4n) is 2.22. The van der Waals surface area contributed by atoms with Gasteiger partial charge in [-0.3, -0.25) is 4.79 Å². The third-order valence-electron chi connectivity index (χ3n) is 3.63. The van der Waals surface area contributed by atoms with Crippen molar-refractivity contribution in [2.75, 3.05) is 10.6 Å². The van der Waals surface area contributed by atoms with Crippen LogP contribution in [-0.2, 0) is 4.79 Å². The minimum absolute atomic E-state index is 0.0179. The normalized spacial score (nSPS) is 13.9. The van der Waals surface area contributed by atoms with Crippen LogP contribution in [0, 0.1) is 11.7 Å². The lowest BCUT2D eigenvalue weighted by Crippen LogP contribution is -2.12. The smallest absolute Gasteiger partial charge is 0.229 e. The van der Waals surface area contributed by atoms with Crippen LogP contribution in [0.2, 0.25) is 0 Å². The molecule has 0 bridgehead atoms. The topological polar surface area (TPSA) is 66.9 Å². The molecule has 0 atom stereocenters. The molecule has 2 heterocycles. The number of pyridine rings is 1. The van der Waals surface area contributed by atoms with Crippen LogP contribution in [0.3, 0.4) is 0 Å². The number of rotatable bonds is 4. The van der Waals surface area contributed by atoms with Gasteiger partial charge in [0.1, 0.15) is 22.0 Å². The van der Waals surface area contributed by atoms with Crippen molar-refractivity contribution in [2.24, 2.45) is 5.92 Å². The summed E-state index contributed by atoms with van der Waals surface area (Å²) in [4.78, 5) is 21.3. The van der Waals surface area contributed by atoms with Gasteiger partial charge in [-0.1, -0.05) is 27.3 Å². The lowest BCUT2D eigenvalue weighted by atomic mass is 10.3. The molecule has 0 saturated heterocycles. The van der Waals surface area contributed by atoms with Gasteiger partial charge in [-0.05, 0) is 43.2 Å². The van der Waals surface area contributed by atoms with E-state index >= 15 is 0 Å². The van der Waals surface area contributed by atoms with Crippen LogP contribution in [0.1, 0.15) is 12.8 Å². The molecule has 5 nitrogen and oxygen atoms in total. The number of anilines is 3. The van der Waals surface area contributed by atoms with Crippen molar-refractivity contribution in [3.05, 3.63) is 40.6 Å². The minimum Gasteiger partial charge on any atom is -0.338 e. The van der Waals surface area contributed by atoms with Crippen LogP contribution in [-0.4, -0.2) is 15.9 Å². The van der Waals surface area contributed by atoms with E-state index in [1.165, 1.54) is 17.4 Å². The summed E-state index contributed by atoms with van der Waals surface area (Å²) in [7, 11) is 0. The quantitative estimate of drug-likeness (QED) is 0.659. The van der Waals surface area contributed by atoms with E-state index in [2.05, 4.69) is 36.5 Å². The van der Waals surface area contributed by atoms with Gasteiger partial charge in [-0.15, -0.1) is 0 Å². The van der Waals surface area contributed by atoms with Crippen molar-refractivity contribution >= 4 is 60.2 Å². The Kier molecular flexibility index (Phi) is 3.93. The van der Waals surface area contributed by atoms with E-state index in [9.17, 15) is 9.18 Å². The van der Waals surface area contributed by atoms with E-state index in [-0.39, 0.29) is 17.6 Å². The number of hydrogen-bond acceptors (Lipinski definition) is 5. The molecular weight excluding hydrogens is 395 g/mol. The molecule has 4 rings (SSSR count). The summed E-state index contributed by atoms with van der Waals surface area (Å²) in [6, 6.07) is 8.31. The monoisotopic (exact) mass is 406 g/mol. The minimum atomic E-state index is -0.368. The van der Waals surface area contributed by atoms with Crippen molar-refractivity contribution in [2.45, 2.75) is 12.8 Å². The van der Waals surface area contributed by atoms with E-state index in [1.807, 2.05) is 0 Å². The van der Waals surface area contributed by atoms with Gasteiger partial charge in [-0.25, -0.2) is 14.4 Å². The molecule has 1 fully saturated rings. The number of hydrogen-bond donors (Lipinski definition) is 2. The van der Waals surface area contributed by atoms with Gasteiger partial charge in [0.2, 0.25) is 5.91 Å². The molecule has 0 spiro atoms. The molecule has 1 saturated carbocycles. The maximum atomic E-state index is 13.9. The highest BCUT2D eigenvalue weighted by Crippen LogP contribution is 2.32. The van der Waals surface area contributed by atoms with Crippen LogP contribution in [0.5, 0.6) is 0 Å². The first-order valence-electron chi connectivity index (χ1n) is 7.39. The molecule has 0 radical (unpaired) electrons. The van der Waals surface area contributed by atoms with Crippen LogP contribution in [0.4, 0.5) is 21.0 Å². The number of thiazole rings is 1. The third kappa shape index (κ3) is 3.25. The van der Waals surface area contributed by atoms with Gasteiger partial charge in [0, 0.05) is 10.4 Å². The number of nitrogens with one attached hydrogen (secondary N) is 2. The molecule has 1 aliphatic rings. The molecule has 0 unspecified atom stereocenters. The highest BCUT2D eigenvalue weighted by molar-refractivity contribution is 9.10. The number of fused-ring (bicyclic) bond motifs is 1. The van der Waals surface area contributed by atoms with E-state index < -0.39 is 0 Å². The van der Waals surface area contributed by atoms with E-state index in [1.54, 1.807) is 24.3 Å². The zero-order chi connectivity index (χ0) is 16.7. The number of aromatic nitrogens is 2. The fraction of sp³-hybridized carbons (Fsp3) is 0.188. The van der Waals surface area contributed by atoms with Crippen LogP contribution < -0.4 is 10.6 Å². The number of halogens is 2. The van der Waals surface area contributed by atoms with Crippen LogP contribution in [0.25, 0.3) is 10.3 Å². The number of benzene rings is 1. The molecule has 0 aliphatic heterocycles. The molecule has 2 N–H and O–H groups in total. The molecule has 1 aliphatic carbocycles. The average Bonchev–Trinajstić information content (AvgIpc) is 3.31. The van der Waals surface area contributed by atoms with Gasteiger partial charge in [0.05, 0.1) is 5.69 Å². The first-order valence-corrected chi connectivity index (χ1v) is 9.00. The third-order valence-corrected chi connectivity index (χ3v) is 5.00. The van der Waals surface area contributed by atoms with Crippen LogP contribution in [0.15, 0.2) is 34.8 Å². The Balaban J connectivity index is 1.57. The van der Waals surface area contributed by atoms with Gasteiger partial charge < -0.3 is 10.6 Å². The first kappa shape index (κ1) is 15.5. The Morgan fingerprint density at radius 3 is 2.83 bits per heavy atom. The second-order valence-corrected chi connectivity index (χ2v) is 7.45. The molecule has 122 valence electrons. The first-order chi connectivity index (χ1) is 11.6. The maximum absolute atomic E-state index is 13.9. The molecular formula is C16H12BrFN4OS. The van der Waals surface area contributed by atoms with Crippen molar-refractivity contribution < 1.29 is 9.18 Å². The summed E-state index contributed by atoms with van der Waals surface area (Å²) in [6.07, 6.45) is 1.89. The number of nitrogens with zero attached hydrogens (tertiary/aromatic N) is 2. The SMILES string of the molecule is O=C(Nc1nc2ccc(Nc3ccc(Br)cc3F)nc2s1)C1CC1. The Morgan fingerprint density at radius 2 is 2.08 bits per heavy atom. The van der Waals surface area contributed by atoms with Crippen molar-refractivity contribution in [3.63, 3.8) is 0 Å². The Labute approximate surface area is 149 Å². The highest BCUT2D eigenvalue weighted by atomic mass is 79.9. The van der Waals surface area contributed by atoms with Gasteiger partial charge in [0.15, 0.2) is 5.13 Å². The second kappa shape index (κ2) is 6.10. The van der Waals surface area contributed by atoms with E-state index in [0.717, 1.165) is 12.8 Å². The average molecular weight is 407 g/mol. The molecule has 3 aromatic rings. The summed E-state index contributed by atoms with van der Waals surface area (Å²) in [5.74, 6) is 0.298. The fourth-order valence-corrected chi connectivity index (χ4v) is 3.40. The predicted molar refractivity (Wildman–Crippen MR) is 96.2 cm³/mol. The summed E-state index contributed by atoms with van der Waals surface area (Å²) in [5, 5.41) is 6.32. The molecule has 1 aromatic carbocycles. The van der Waals surface area contributed by atoms with E-state index in [0.29, 0.717) is 31.5 Å². The predicted octanol–water partition coefficient (Wildman–Crippen LogP) is 4.69. The largest absolute Gasteiger partial charge is 0.338 e. The standard InChI is InChI=1S/C16H12BrFN4OS/c17-9-3-4-11(10(18)7-9)19-13-6-5-12-15(21-13)24-16(20-12)22-14(23)8-1-2-8/h3-8H,1-2H2,(H,19,21)(H,20,22,23). The Hall–Kier alpha value is -2.06. The zero-order valence-corrected chi connectivity index (χ0v) is 14.7. The molecule has 24 heavy (non-hydrogen) atoms. The maximum Gasteiger partial charge on any atom is 0.229 e. The number of carbonyl (C=O) groups is 1. The highest BCUT2D eigenvalue weighted by Gasteiger charge is 2.30. The van der Waals surface area contributed by atoms with Gasteiger partial charge >= 0.3 is 0 Å². The number of carbonyl (C=O) groups excluding carboxylic acids is 1. The van der Waals surface area contributed by atoms with E-state index in [4.69, 9.17) is 0 Å². The van der Waals surface area contributed by atoms with Crippen molar-refractivity contribution in [1.29, 1.82) is 0 Å². The van der Waals surface area contributed by atoms with Crippen molar-refractivity contribution in [3.8, 4) is 0 Å². The summed E-state index contributed by atoms with van der Waals surface area (Å²) in [6.45, 7) is 0. The molecule has 1 amide bonds.